The summed E-state index contributed by atoms with van der Waals surface area (Å²) in [4.78, 5) is 24.1. The Bertz CT molecular complexity index is 581. The van der Waals surface area contributed by atoms with Crippen molar-refractivity contribution in [3.63, 3.8) is 0 Å². The molecule has 0 saturated heterocycles. The number of carbonyl (C=O) groups excluding carboxylic acids is 2. The van der Waals surface area contributed by atoms with Crippen LogP contribution in [-0.2, 0) is 14.3 Å². The number of hydrogen-bond donors (Lipinski definition) is 0. The highest BCUT2D eigenvalue weighted by atomic mass is 16.5. The Labute approximate surface area is 138 Å². The molecule has 5 rings (SSSR count). The molecule has 126 valence electrons. The summed E-state index contributed by atoms with van der Waals surface area (Å²) in [7, 11) is 0. The summed E-state index contributed by atoms with van der Waals surface area (Å²) in [6, 6.07) is 0. The maximum atomic E-state index is 13.1. The molecule has 5 aliphatic carbocycles. The molecule has 0 N–H and O–H groups in total. The molecule has 0 heterocycles. The van der Waals surface area contributed by atoms with E-state index in [4.69, 9.17) is 4.74 Å². The van der Waals surface area contributed by atoms with Gasteiger partial charge in [0.05, 0.1) is 0 Å². The molecule has 0 aromatic rings. The molecule has 0 aliphatic heterocycles. The summed E-state index contributed by atoms with van der Waals surface area (Å²) in [5.41, 5.74) is 0.504. The fourth-order valence-electron chi connectivity index (χ4n) is 7.21. The number of rotatable bonds is 2. The van der Waals surface area contributed by atoms with Crippen LogP contribution in [0.25, 0.3) is 0 Å². The number of fused-ring (bicyclic) bond motifs is 3. The van der Waals surface area contributed by atoms with E-state index in [9.17, 15) is 9.59 Å². The van der Waals surface area contributed by atoms with Crippen molar-refractivity contribution < 1.29 is 14.3 Å². The van der Waals surface area contributed by atoms with Gasteiger partial charge in [-0.25, -0.2) is 0 Å². The zero-order chi connectivity index (χ0) is 16.5. The first-order chi connectivity index (χ1) is 10.9. The van der Waals surface area contributed by atoms with Crippen molar-refractivity contribution >= 4 is 12.3 Å². The first kappa shape index (κ1) is 15.4. The highest BCUT2D eigenvalue weighted by Crippen LogP contribution is 2.70. The fraction of sp³-hybridized carbons (Fsp3) is 0.800. The van der Waals surface area contributed by atoms with Crippen LogP contribution in [0.2, 0.25) is 0 Å². The minimum Gasteiger partial charge on any atom is -0.461 e. The van der Waals surface area contributed by atoms with E-state index in [2.05, 4.69) is 20.4 Å². The Morgan fingerprint density at radius 3 is 2.61 bits per heavy atom. The molecule has 5 fully saturated rings. The van der Waals surface area contributed by atoms with E-state index in [-0.39, 0.29) is 16.4 Å². The monoisotopic (exact) mass is 316 g/mol. The van der Waals surface area contributed by atoms with Crippen LogP contribution >= 0.6 is 0 Å². The van der Waals surface area contributed by atoms with E-state index in [0.29, 0.717) is 30.0 Å². The van der Waals surface area contributed by atoms with E-state index in [1.165, 1.54) is 0 Å². The average molecular weight is 316 g/mol. The molecule has 0 amide bonds. The van der Waals surface area contributed by atoms with Gasteiger partial charge < -0.3 is 4.74 Å². The van der Waals surface area contributed by atoms with Gasteiger partial charge in [-0.1, -0.05) is 13.5 Å². The first-order valence-electron chi connectivity index (χ1n) is 9.22. The lowest BCUT2D eigenvalue weighted by Crippen LogP contribution is -2.64. The first-order valence-corrected chi connectivity index (χ1v) is 9.22. The van der Waals surface area contributed by atoms with Gasteiger partial charge in [0.15, 0.2) is 5.78 Å². The van der Waals surface area contributed by atoms with Crippen LogP contribution < -0.4 is 0 Å². The zero-order valence-electron chi connectivity index (χ0n) is 14.4. The van der Waals surface area contributed by atoms with Crippen LogP contribution in [-0.4, -0.2) is 17.9 Å². The Morgan fingerprint density at radius 1 is 1.13 bits per heavy atom. The molecule has 5 aliphatic rings. The molecule has 23 heavy (non-hydrogen) atoms. The van der Waals surface area contributed by atoms with Crippen molar-refractivity contribution in [3.8, 4) is 0 Å². The second-order valence-electron chi connectivity index (χ2n) is 9.01. The van der Waals surface area contributed by atoms with E-state index in [0.717, 1.165) is 56.9 Å². The predicted molar refractivity (Wildman–Crippen MR) is 87.6 cm³/mol. The lowest BCUT2D eigenvalue weighted by atomic mass is 9.38. The number of ether oxygens (including phenoxy) is 1. The SMILES string of the molecule is C=C1C(=O)[C@]23CC[C@H]1CC2[C@]1(C)CCC[C@@](C)(OC=O)[C@H]1CC3. The zero-order valence-corrected chi connectivity index (χ0v) is 14.4. The summed E-state index contributed by atoms with van der Waals surface area (Å²) >= 11 is 0. The normalized spacial score (nSPS) is 51.8. The summed E-state index contributed by atoms with van der Waals surface area (Å²) in [6.45, 7) is 9.26. The van der Waals surface area contributed by atoms with Gasteiger partial charge in [0, 0.05) is 11.3 Å². The van der Waals surface area contributed by atoms with Gasteiger partial charge in [-0.2, -0.15) is 0 Å². The Kier molecular flexibility index (Phi) is 3.15. The molecule has 1 unspecified atom stereocenters. The number of Topliss-reactive ketones (excluding diaryl/α,β-unsaturated/α-hetero) is 1. The third-order valence-corrected chi connectivity index (χ3v) is 8.28. The van der Waals surface area contributed by atoms with Crippen LogP contribution in [0.4, 0.5) is 0 Å². The summed E-state index contributed by atoms with van der Waals surface area (Å²) in [5.74, 6) is 1.59. The number of allylic oxidation sites excluding steroid dienone is 1. The predicted octanol–water partition coefficient (Wildman–Crippen LogP) is 4.06. The number of carbonyl (C=O) groups is 2. The maximum Gasteiger partial charge on any atom is 0.293 e. The van der Waals surface area contributed by atoms with Gasteiger partial charge in [0.25, 0.3) is 6.47 Å². The van der Waals surface area contributed by atoms with Crippen molar-refractivity contribution in [1.82, 2.24) is 0 Å². The Morgan fingerprint density at radius 2 is 1.87 bits per heavy atom. The molecular weight excluding hydrogens is 288 g/mol. The molecule has 6 atom stereocenters. The highest BCUT2D eigenvalue weighted by molar-refractivity contribution is 6.02. The van der Waals surface area contributed by atoms with E-state index < -0.39 is 0 Å². The molecule has 2 bridgehead atoms. The summed E-state index contributed by atoms with van der Waals surface area (Å²) in [6.07, 6.45) is 8.47. The van der Waals surface area contributed by atoms with Gasteiger partial charge in [-0.05, 0) is 81.1 Å². The molecule has 1 spiro atoms. The molecule has 0 radical (unpaired) electrons. The lowest BCUT2D eigenvalue weighted by molar-refractivity contribution is -0.206. The highest BCUT2D eigenvalue weighted by Gasteiger charge is 2.67. The van der Waals surface area contributed by atoms with Crippen LogP contribution in [0, 0.1) is 28.6 Å². The van der Waals surface area contributed by atoms with E-state index in [1.54, 1.807) is 0 Å². The largest absolute Gasteiger partial charge is 0.461 e. The van der Waals surface area contributed by atoms with Crippen LogP contribution in [0.15, 0.2) is 12.2 Å². The van der Waals surface area contributed by atoms with Gasteiger partial charge in [0.2, 0.25) is 0 Å². The second kappa shape index (κ2) is 4.70. The molecule has 3 heteroatoms. The molecule has 0 aromatic carbocycles. The smallest absolute Gasteiger partial charge is 0.293 e. The topological polar surface area (TPSA) is 43.4 Å². The standard InChI is InChI=1S/C20H28O3/c1-13-14-5-9-20(17(13)22)10-6-15-18(2,16(20)11-14)7-4-8-19(15,3)23-12-21/h12,14-16H,1,4-11H2,2-3H3/t14-,15-,16?,18+,19+,20-/m0/s1. The molecule has 3 nitrogen and oxygen atoms in total. The van der Waals surface area contributed by atoms with Crippen molar-refractivity contribution in [3.05, 3.63) is 12.2 Å². The Hall–Kier alpha value is -1.12. The molecule has 0 aromatic heterocycles. The minimum absolute atomic E-state index is 0.114. The minimum atomic E-state index is -0.354. The quantitative estimate of drug-likeness (QED) is 0.570. The fourth-order valence-corrected chi connectivity index (χ4v) is 7.21. The second-order valence-corrected chi connectivity index (χ2v) is 9.01. The number of hydrogen-bond acceptors (Lipinski definition) is 3. The molecular formula is C20H28O3. The van der Waals surface area contributed by atoms with Crippen molar-refractivity contribution in [1.29, 1.82) is 0 Å². The summed E-state index contributed by atoms with van der Waals surface area (Å²) in [5, 5.41) is 0. The van der Waals surface area contributed by atoms with Gasteiger partial charge in [0.1, 0.15) is 5.60 Å². The van der Waals surface area contributed by atoms with Crippen molar-refractivity contribution in [2.45, 2.75) is 70.8 Å². The lowest BCUT2D eigenvalue weighted by Gasteiger charge is -2.66. The Balaban J connectivity index is 1.76. The summed E-state index contributed by atoms with van der Waals surface area (Å²) < 4.78 is 5.63. The average Bonchev–Trinajstić information content (AvgIpc) is 2.52. The third-order valence-electron chi connectivity index (χ3n) is 8.28. The van der Waals surface area contributed by atoms with Gasteiger partial charge in [-0.15, -0.1) is 0 Å². The van der Waals surface area contributed by atoms with Gasteiger partial charge in [-0.3, -0.25) is 9.59 Å². The maximum absolute atomic E-state index is 13.1. The van der Waals surface area contributed by atoms with Crippen LogP contribution in [0.5, 0.6) is 0 Å². The molecule has 5 saturated carbocycles. The van der Waals surface area contributed by atoms with Gasteiger partial charge >= 0.3 is 0 Å². The van der Waals surface area contributed by atoms with Crippen LogP contribution in [0.1, 0.15) is 65.2 Å². The number of ketones is 1. The van der Waals surface area contributed by atoms with E-state index >= 15 is 0 Å². The van der Waals surface area contributed by atoms with Crippen LogP contribution in [0.3, 0.4) is 0 Å². The third kappa shape index (κ3) is 1.77. The van der Waals surface area contributed by atoms with Crippen molar-refractivity contribution in [2.75, 3.05) is 0 Å². The van der Waals surface area contributed by atoms with Crippen molar-refractivity contribution in [2.24, 2.45) is 28.6 Å². The van der Waals surface area contributed by atoms with E-state index in [1.807, 2.05) is 0 Å².